The lowest BCUT2D eigenvalue weighted by Gasteiger charge is -2.31. The number of carbonyl (C=O) groups is 5. The number of carbonyl (C=O) groups excluding carboxylic acids is 5. The summed E-state index contributed by atoms with van der Waals surface area (Å²) in [6, 6.07) is 6.78. The van der Waals surface area contributed by atoms with Crippen molar-refractivity contribution in [3.8, 4) is 0 Å². The third kappa shape index (κ3) is 11.3. The highest BCUT2D eigenvalue weighted by Gasteiger charge is 2.62. The van der Waals surface area contributed by atoms with Gasteiger partial charge in [0.25, 0.3) is 5.91 Å². The minimum absolute atomic E-state index is 0.103. The first-order valence-electron chi connectivity index (χ1n) is 20.6. The van der Waals surface area contributed by atoms with Gasteiger partial charge in [0.15, 0.2) is 0 Å². The van der Waals surface area contributed by atoms with E-state index in [9.17, 15) is 32.4 Å². The Bertz CT molecular complexity index is 1780. The average molecular weight is 830 g/mol. The van der Waals surface area contributed by atoms with Crippen molar-refractivity contribution in [3.63, 3.8) is 0 Å². The molecule has 17 nitrogen and oxygen atoms in total. The van der Waals surface area contributed by atoms with Gasteiger partial charge in [0, 0.05) is 45.1 Å². The van der Waals surface area contributed by atoms with E-state index in [0.717, 1.165) is 18.4 Å². The zero-order valence-corrected chi connectivity index (χ0v) is 34.6. The number of allylic oxidation sites excluding steroid dienone is 1. The van der Waals surface area contributed by atoms with Crippen molar-refractivity contribution in [3.05, 3.63) is 48.0 Å². The highest BCUT2D eigenvalue weighted by atomic mass is 32.2. The van der Waals surface area contributed by atoms with Crippen LogP contribution in [0.3, 0.4) is 0 Å². The molecule has 1 aromatic rings. The molecule has 1 aliphatic carbocycles. The van der Waals surface area contributed by atoms with Gasteiger partial charge in [0.05, 0.1) is 25.8 Å². The lowest BCUT2D eigenvalue weighted by molar-refractivity contribution is -0.141. The third-order valence-electron chi connectivity index (χ3n) is 11.3. The Hall–Kier alpha value is -4.26. The van der Waals surface area contributed by atoms with Gasteiger partial charge in [-0.2, -0.15) is 12.7 Å². The Labute approximate surface area is 341 Å². The van der Waals surface area contributed by atoms with Crippen LogP contribution < -0.4 is 20.7 Å². The summed E-state index contributed by atoms with van der Waals surface area (Å²) in [6.07, 6.45) is 5.73. The Morgan fingerprint density at radius 3 is 2.41 bits per heavy atom. The normalized spacial score (nSPS) is 28.7. The van der Waals surface area contributed by atoms with Crippen molar-refractivity contribution < 1.29 is 46.6 Å². The van der Waals surface area contributed by atoms with E-state index in [1.54, 1.807) is 20.8 Å². The third-order valence-corrected chi connectivity index (χ3v) is 12.8. The van der Waals surface area contributed by atoms with Crippen LogP contribution in [-0.2, 0) is 38.8 Å². The summed E-state index contributed by atoms with van der Waals surface area (Å²) in [5.41, 5.74) is -1.54. The molecule has 5 aliphatic rings. The van der Waals surface area contributed by atoms with Crippen LogP contribution in [0.4, 0.5) is 9.59 Å². The van der Waals surface area contributed by atoms with E-state index < -0.39 is 81.4 Å². The van der Waals surface area contributed by atoms with E-state index in [1.165, 1.54) is 9.21 Å². The molecule has 0 spiro atoms. The van der Waals surface area contributed by atoms with Crippen LogP contribution in [0.15, 0.2) is 42.5 Å². The number of benzene rings is 1. The van der Waals surface area contributed by atoms with Gasteiger partial charge < -0.3 is 35.1 Å². The number of rotatable bonds is 9. The van der Waals surface area contributed by atoms with Crippen LogP contribution in [0.5, 0.6) is 0 Å². The maximum absolute atomic E-state index is 14.5. The van der Waals surface area contributed by atoms with Crippen molar-refractivity contribution in [1.82, 2.24) is 34.8 Å². The Morgan fingerprint density at radius 2 is 1.71 bits per heavy atom. The number of fused-ring (bicyclic) bond motifs is 2. The smallest absolute Gasteiger partial charge is 0.408 e. The molecule has 0 aromatic heterocycles. The van der Waals surface area contributed by atoms with Crippen LogP contribution in [0.1, 0.15) is 90.2 Å². The Morgan fingerprint density at radius 1 is 0.983 bits per heavy atom. The first-order chi connectivity index (χ1) is 27.6. The molecule has 1 saturated carbocycles. The molecule has 3 saturated heterocycles. The van der Waals surface area contributed by atoms with Crippen LogP contribution in [0, 0.1) is 5.92 Å². The molecule has 4 fully saturated rings. The average Bonchev–Trinajstić information content (AvgIpc) is 3.47. The molecule has 1 aromatic carbocycles. The first-order valence-corrected chi connectivity index (χ1v) is 22.0. The summed E-state index contributed by atoms with van der Waals surface area (Å²) in [5, 5.41) is 8.54. The van der Waals surface area contributed by atoms with Crippen molar-refractivity contribution in [1.29, 1.82) is 0 Å². The molecule has 4 N–H and O–H groups in total. The number of hydrogen-bond acceptors (Lipinski definition) is 11. The molecular formula is C40H59N7O10S. The quantitative estimate of drug-likeness (QED) is 0.266. The van der Waals surface area contributed by atoms with Gasteiger partial charge in [0.2, 0.25) is 11.8 Å². The molecule has 0 bridgehead atoms. The van der Waals surface area contributed by atoms with Gasteiger partial charge in [-0.1, -0.05) is 55.3 Å². The Kier molecular flexibility index (Phi) is 14.0. The maximum Gasteiger partial charge on any atom is 0.408 e. The van der Waals surface area contributed by atoms with Gasteiger partial charge in [-0.05, 0) is 64.9 Å². The lowest BCUT2D eigenvalue weighted by atomic mass is 10.0. The second kappa shape index (κ2) is 18.8. The lowest BCUT2D eigenvalue weighted by Crippen LogP contribution is -2.59. The van der Waals surface area contributed by atoms with Crippen molar-refractivity contribution >= 4 is 40.1 Å². The van der Waals surface area contributed by atoms with E-state index in [-0.39, 0.29) is 38.9 Å². The Balaban J connectivity index is 1.24. The second-order valence-electron chi connectivity index (χ2n) is 16.9. The molecule has 6 rings (SSSR count). The number of nitrogens with one attached hydrogen (secondary N) is 4. The predicted octanol–water partition coefficient (Wildman–Crippen LogP) is 2.50. The summed E-state index contributed by atoms with van der Waals surface area (Å²) in [6.45, 7) is 8.63. The summed E-state index contributed by atoms with van der Waals surface area (Å²) in [7, 11) is -4.16. The van der Waals surface area contributed by atoms with E-state index in [4.69, 9.17) is 14.2 Å². The predicted molar refractivity (Wildman–Crippen MR) is 212 cm³/mol. The molecule has 2 unspecified atom stereocenters. The monoisotopic (exact) mass is 829 g/mol. The van der Waals surface area contributed by atoms with E-state index in [0.29, 0.717) is 58.5 Å². The molecule has 0 radical (unpaired) electrons. The molecule has 58 heavy (non-hydrogen) atoms. The maximum atomic E-state index is 14.5. The topological polar surface area (TPSA) is 205 Å². The van der Waals surface area contributed by atoms with Gasteiger partial charge >= 0.3 is 22.4 Å². The van der Waals surface area contributed by atoms with Crippen molar-refractivity contribution in [2.24, 2.45) is 5.92 Å². The van der Waals surface area contributed by atoms with Gasteiger partial charge in [-0.15, -0.1) is 0 Å². The van der Waals surface area contributed by atoms with E-state index in [1.807, 2.05) is 42.5 Å². The molecule has 5 amide bonds. The van der Waals surface area contributed by atoms with Crippen LogP contribution in [-0.4, -0.2) is 134 Å². The van der Waals surface area contributed by atoms with Gasteiger partial charge in [-0.25, -0.2) is 14.3 Å². The largest absolute Gasteiger partial charge is 0.444 e. The number of ether oxygens (including phenoxy) is 3. The minimum atomic E-state index is -4.16. The summed E-state index contributed by atoms with van der Waals surface area (Å²) in [5.74, 6) is -2.61. The fourth-order valence-electron chi connectivity index (χ4n) is 8.11. The van der Waals surface area contributed by atoms with E-state index >= 15 is 0 Å². The molecular weight excluding hydrogens is 771 g/mol. The summed E-state index contributed by atoms with van der Waals surface area (Å²) >= 11 is 0. The zero-order chi connectivity index (χ0) is 41.5. The molecule has 320 valence electrons. The SMILES string of the molecule is CC(C)(C)OC(=O)N[C@H]1CCCCC/C=C\[C@@H]2C[C@@]2(C(=O)NS(=O)(=O)N2CCCC2)NC(=O)C2C[C@@H](OC(=O)NC(CN3CCOCC3)c3ccccc3)CN2C1=O. The molecule has 4 heterocycles. The molecule has 18 heteroatoms. The van der Waals surface area contributed by atoms with Crippen molar-refractivity contribution in [2.45, 2.75) is 114 Å². The fraction of sp³-hybridized carbons (Fsp3) is 0.675. The van der Waals surface area contributed by atoms with Gasteiger partial charge in [-0.3, -0.25) is 19.3 Å². The number of amides is 5. The van der Waals surface area contributed by atoms with E-state index in [2.05, 4.69) is 25.6 Å². The first kappa shape index (κ1) is 43.3. The number of alkyl carbamates (subject to hydrolysis) is 2. The number of nitrogens with zero attached hydrogens (tertiary/aromatic N) is 3. The fourth-order valence-corrected chi connectivity index (χ4v) is 9.39. The minimum Gasteiger partial charge on any atom is -0.444 e. The number of hydrogen-bond donors (Lipinski definition) is 4. The summed E-state index contributed by atoms with van der Waals surface area (Å²) in [4.78, 5) is 73.0. The van der Waals surface area contributed by atoms with Crippen LogP contribution in [0.25, 0.3) is 0 Å². The van der Waals surface area contributed by atoms with Crippen molar-refractivity contribution in [2.75, 3.05) is 52.5 Å². The highest BCUT2D eigenvalue weighted by molar-refractivity contribution is 7.87. The van der Waals surface area contributed by atoms with Gasteiger partial charge in [0.1, 0.15) is 29.3 Å². The highest BCUT2D eigenvalue weighted by Crippen LogP contribution is 2.46. The number of morpholine rings is 1. The molecule has 4 aliphatic heterocycles. The second-order valence-corrected chi connectivity index (χ2v) is 18.5. The summed E-state index contributed by atoms with van der Waals surface area (Å²) < 4.78 is 46.8. The zero-order valence-electron chi connectivity index (χ0n) is 33.8. The van der Waals surface area contributed by atoms with Crippen LogP contribution >= 0.6 is 0 Å². The van der Waals surface area contributed by atoms with Crippen LogP contribution in [0.2, 0.25) is 0 Å². The molecule has 6 atom stereocenters. The standard InChI is InChI=1S/C40H59N7O10S/c1-39(2,3)57-38(52)41-31-17-11-6-4-5-10-16-29-25-40(29,36(50)44-58(53,54)46-18-12-13-19-46)43-34(48)33-24-30(26-47(33)35(31)49)56-37(51)42-32(28-14-8-7-9-15-28)27-45-20-22-55-23-21-45/h7-10,14-16,29-33H,4-6,11-13,17-27H2,1-3H3,(H,41,52)(H,42,51)(H,43,48)(H,44,50)/b16-10-/t29-,30-,31+,32?,33?,40-/m1/s1.